The molecule has 1 aliphatic rings. The molecule has 2 atom stereocenters. The fourth-order valence-corrected chi connectivity index (χ4v) is 3.17. The summed E-state index contributed by atoms with van der Waals surface area (Å²) in [6.07, 6.45) is 1.86. The maximum atomic E-state index is 12.1. The average molecular weight is 373 g/mol. The number of hydrogen-bond acceptors (Lipinski definition) is 4. The SMILES string of the molecule is Cl.O=C(NCc1ccc(-n2cnc3ccccc32)cc1)C1CC(O)CN1. The quantitative estimate of drug-likeness (QED) is 0.652. The molecular weight excluding hydrogens is 352 g/mol. The van der Waals surface area contributed by atoms with Crippen molar-refractivity contribution in [2.24, 2.45) is 0 Å². The first kappa shape index (κ1) is 18.4. The molecule has 1 aromatic heterocycles. The molecule has 0 bridgehead atoms. The predicted molar refractivity (Wildman–Crippen MR) is 103 cm³/mol. The number of aliphatic hydroxyl groups excluding tert-OH is 1. The highest BCUT2D eigenvalue weighted by atomic mass is 35.5. The summed E-state index contributed by atoms with van der Waals surface area (Å²) in [5.41, 5.74) is 4.09. The lowest BCUT2D eigenvalue weighted by molar-refractivity contribution is -0.123. The second-order valence-corrected chi connectivity index (χ2v) is 6.34. The molecule has 0 spiro atoms. The summed E-state index contributed by atoms with van der Waals surface area (Å²) in [4.78, 5) is 16.5. The van der Waals surface area contributed by atoms with Crippen LogP contribution in [0.25, 0.3) is 16.7 Å². The Labute approximate surface area is 157 Å². The molecule has 1 saturated heterocycles. The summed E-state index contributed by atoms with van der Waals surface area (Å²) in [6.45, 7) is 0.948. The number of carbonyl (C=O) groups is 1. The fourth-order valence-electron chi connectivity index (χ4n) is 3.17. The van der Waals surface area contributed by atoms with E-state index >= 15 is 0 Å². The summed E-state index contributed by atoms with van der Waals surface area (Å²) in [5.74, 6) is -0.0683. The number of para-hydroxylation sites is 2. The molecule has 1 amide bonds. The molecule has 26 heavy (non-hydrogen) atoms. The van der Waals surface area contributed by atoms with E-state index in [0.29, 0.717) is 19.5 Å². The van der Waals surface area contributed by atoms with E-state index in [-0.39, 0.29) is 24.4 Å². The van der Waals surface area contributed by atoms with Crippen LogP contribution in [0.3, 0.4) is 0 Å². The van der Waals surface area contributed by atoms with E-state index in [0.717, 1.165) is 22.3 Å². The third kappa shape index (κ3) is 3.72. The molecule has 7 heteroatoms. The smallest absolute Gasteiger partial charge is 0.237 e. The van der Waals surface area contributed by atoms with E-state index in [4.69, 9.17) is 0 Å². The van der Waals surface area contributed by atoms with Crippen molar-refractivity contribution in [3.63, 3.8) is 0 Å². The Morgan fingerprint density at radius 1 is 1.23 bits per heavy atom. The Hall–Kier alpha value is -2.41. The molecule has 2 heterocycles. The zero-order chi connectivity index (χ0) is 17.2. The highest BCUT2D eigenvalue weighted by molar-refractivity contribution is 5.85. The molecule has 0 saturated carbocycles. The van der Waals surface area contributed by atoms with Crippen molar-refractivity contribution in [3.8, 4) is 5.69 Å². The van der Waals surface area contributed by atoms with Crippen LogP contribution in [0.4, 0.5) is 0 Å². The van der Waals surface area contributed by atoms with Gasteiger partial charge in [-0.15, -0.1) is 12.4 Å². The summed E-state index contributed by atoms with van der Waals surface area (Å²) in [5, 5.41) is 15.4. The number of hydrogen-bond donors (Lipinski definition) is 3. The van der Waals surface area contributed by atoms with E-state index in [1.54, 1.807) is 0 Å². The van der Waals surface area contributed by atoms with Gasteiger partial charge in [-0.05, 0) is 36.2 Å². The van der Waals surface area contributed by atoms with Gasteiger partial charge in [0.25, 0.3) is 0 Å². The third-order valence-corrected chi connectivity index (χ3v) is 4.56. The lowest BCUT2D eigenvalue weighted by atomic mass is 10.1. The predicted octanol–water partition coefficient (Wildman–Crippen LogP) is 1.79. The number of halogens is 1. The van der Waals surface area contributed by atoms with Gasteiger partial charge in [-0.3, -0.25) is 9.36 Å². The van der Waals surface area contributed by atoms with Crippen molar-refractivity contribution >= 4 is 29.3 Å². The molecule has 3 aromatic rings. The minimum atomic E-state index is -0.431. The Kier molecular flexibility index (Phi) is 5.56. The van der Waals surface area contributed by atoms with Gasteiger partial charge in [-0.1, -0.05) is 24.3 Å². The van der Waals surface area contributed by atoms with Crippen LogP contribution in [-0.4, -0.2) is 39.3 Å². The standard InChI is InChI=1S/C19H20N4O2.ClH/c24-15-9-17(20-11-15)19(25)21-10-13-5-7-14(8-6-13)23-12-22-16-3-1-2-4-18(16)23;/h1-8,12,15,17,20,24H,9-11H2,(H,21,25);1H. The zero-order valence-electron chi connectivity index (χ0n) is 14.1. The van der Waals surface area contributed by atoms with Gasteiger partial charge in [0.05, 0.1) is 23.2 Å². The van der Waals surface area contributed by atoms with Crippen LogP contribution in [0.1, 0.15) is 12.0 Å². The second kappa shape index (κ2) is 7.86. The van der Waals surface area contributed by atoms with Gasteiger partial charge in [0.1, 0.15) is 6.33 Å². The lowest BCUT2D eigenvalue weighted by Crippen LogP contribution is -2.39. The van der Waals surface area contributed by atoms with Crippen molar-refractivity contribution in [3.05, 3.63) is 60.4 Å². The minimum Gasteiger partial charge on any atom is -0.392 e. The molecule has 136 valence electrons. The number of imidazole rings is 1. The molecule has 1 aliphatic heterocycles. The highest BCUT2D eigenvalue weighted by Crippen LogP contribution is 2.18. The first-order valence-corrected chi connectivity index (χ1v) is 8.41. The van der Waals surface area contributed by atoms with Gasteiger partial charge in [0.15, 0.2) is 0 Å². The first-order chi connectivity index (χ1) is 12.2. The number of rotatable bonds is 4. The van der Waals surface area contributed by atoms with Gasteiger partial charge in [-0.25, -0.2) is 4.98 Å². The number of benzene rings is 2. The highest BCUT2D eigenvalue weighted by Gasteiger charge is 2.27. The van der Waals surface area contributed by atoms with E-state index in [2.05, 4.69) is 15.6 Å². The molecular formula is C19H21ClN4O2. The molecule has 2 aromatic carbocycles. The summed E-state index contributed by atoms with van der Waals surface area (Å²) in [7, 11) is 0. The maximum absolute atomic E-state index is 12.1. The maximum Gasteiger partial charge on any atom is 0.237 e. The third-order valence-electron chi connectivity index (χ3n) is 4.56. The largest absolute Gasteiger partial charge is 0.392 e. The van der Waals surface area contributed by atoms with E-state index in [9.17, 15) is 9.90 Å². The monoisotopic (exact) mass is 372 g/mol. The lowest BCUT2D eigenvalue weighted by Gasteiger charge is -2.11. The van der Waals surface area contributed by atoms with Gasteiger partial charge >= 0.3 is 0 Å². The van der Waals surface area contributed by atoms with Crippen LogP contribution in [0.2, 0.25) is 0 Å². The topological polar surface area (TPSA) is 79.2 Å². The Balaban J connectivity index is 0.00000196. The number of aromatic nitrogens is 2. The molecule has 0 radical (unpaired) electrons. The second-order valence-electron chi connectivity index (χ2n) is 6.34. The Morgan fingerprint density at radius 2 is 2.00 bits per heavy atom. The van der Waals surface area contributed by atoms with Crippen LogP contribution in [0.5, 0.6) is 0 Å². The minimum absolute atomic E-state index is 0. The van der Waals surface area contributed by atoms with Crippen molar-refractivity contribution in [2.45, 2.75) is 25.1 Å². The molecule has 3 N–H and O–H groups in total. The van der Waals surface area contributed by atoms with Crippen LogP contribution in [0.15, 0.2) is 54.9 Å². The van der Waals surface area contributed by atoms with E-state index in [1.807, 2.05) is 59.4 Å². The van der Waals surface area contributed by atoms with Crippen molar-refractivity contribution < 1.29 is 9.90 Å². The molecule has 4 rings (SSSR count). The van der Waals surface area contributed by atoms with Crippen molar-refractivity contribution in [2.75, 3.05) is 6.54 Å². The van der Waals surface area contributed by atoms with Gasteiger partial charge in [-0.2, -0.15) is 0 Å². The molecule has 0 aliphatic carbocycles. The van der Waals surface area contributed by atoms with E-state index < -0.39 is 6.10 Å². The van der Waals surface area contributed by atoms with Gasteiger partial charge < -0.3 is 15.7 Å². The number of fused-ring (bicyclic) bond motifs is 1. The van der Waals surface area contributed by atoms with Crippen molar-refractivity contribution in [1.29, 1.82) is 0 Å². The van der Waals surface area contributed by atoms with Crippen LogP contribution in [-0.2, 0) is 11.3 Å². The molecule has 1 fully saturated rings. The molecule has 2 unspecified atom stereocenters. The Morgan fingerprint density at radius 3 is 2.73 bits per heavy atom. The van der Waals surface area contributed by atoms with Crippen LogP contribution < -0.4 is 10.6 Å². The summed E-state index contributed by atoms with van der Waals surface area (Å²) < 4.78 is 2.04. The number of amides is 1. The molecule has 6 nitrogen and oxygen atoms in total. The van der Waals surface area contributed by atoms with Crippen LogP contribution >= 0.6 is 12.4 Å². The van der Waals surface area contributed by atoms with Crippen LogP contribution in [0, 0.1) is 0 Å². The summed E-state index contributed by atoms with van der Waals surface area (Å²) in [6, 6.07) is 15.8. The first-order valence-electron chi connectivity index (χ1n) is 8.41. The van der Waals surface area contributed by atoms with Crippen molar-refractivity contribution in [1.82, 2.24) is 20.2 Å². The normalized spacial score (nSPS) is 19.3. The average Bonchev–Trinajstić information content (AvgIpc) is 3.26. The Bertz CT molecular complexity index is 894. The summed E-state index contributed by atoms with van der Waals surface area (Å²) >= 11 is 0. The number of nitrogens with one attached hydrogen (secondary N) is 2. The fraction of sp³-hybridized carbons (Fsp3) is 0.263. The number of carbonyl (C=O) groups excluding carboxylic acids is 1. The van der Waals surface area contributed by atoms with Gasteiger partial charge in [0.2, 0.25) is 5.91 Å². The number of aliphatic hydroxyl groups is 1. The van der Waals surface area contributed by atoms with E-state index in [1.165, 1.54) is 0 Å². The zero-order valence-corrected chi connectivity index (χ0v) is 14.9. The van der Waals surface area contributed by atoms with Gasteiger partial charge in [0, 0.05) is 18.8 Å². The number of β-amino-alcohol motifs (C(OH)–C–C–N with tert-alkyl or cyclic N) is 1. The number of nitrogens with zero attached hydrogens (tertiary/aromatic N) is 2.